The molecule has 0 fully saturated rings. The fraction of sp³-hybridized carbons (Fsp3) is 0.111. The van der Waals surface area contributed by atoms with Crippen LogP contribution in [0.2, 0.25) is 0 Å². The summed E-state index contributed by atoms with van der Waals surface area (Å²) >= 11 is 0. The van der Waals surface area contributed by atoms with E-state index in [1.54, 1.807) is 0 Å². The molecule has 0 aliphatic rings. The molecule has 1 rings (SSSR count). The monoisotopic (exact) mass is 194 g/mol. The lowest BCUT2D eigenvalue weighted by molar-refractivity contribution is -0.118. The van der Waals surface area contributed by atoms with Crippen molar-refractivity contribution < 1.29 is 14.7 Å². The molecule has 0 heterocycles. The first-order chi connectivity index (χ1) is 6.50. The maximum atomic E-state index is 11.3. The zero-order valence-corrected chi connectivity index (χ0v) is 7.57. The molecular formula is C9H10N2O3. The number of anilines is 1. The van der Waals surface area contributed by atoms with E-state index in [1.165, 1.54) is 25.1 Å². The van der Waals surface area contributed by atoms with E-state index in [4.69, 9.17) is 5.73 Å². The van der Waals surface area contributed by atoms with Gasteiger partial charge in [0.15, 0.2) is 0 Å². The van der Waals surface area contributed by atoms with Crippen molar-refractivity contribution in [3.63, 3.8) is 0 Å². The number of phenols is 1. The molecule has 74 valence electrons. The fourth-order valence-corrected chi connectivity index (χ4v) is 0.963. The van der Waals surface area contributed by atoms with Gasteiger partial charge in [0.2, 0.25) is 5.91 Å². The minimum Gasteiger partial charge on any atom is -0.507 e. The number of nitrogen functional groups attached to an aromatic ring is 1. The van der Waals surface area contributed by atoms with Crippen molar-refractivity contribution in [2.45, 2.75) is 6.92 Å². The third-order valence-electron chi connectivity index (χ3n) is 1.55. The van der Waals surface area contributed by atoms with Crippen molar-refractivity contribution >= 4 is 17.5 Å². The lowest BCUT2D eigenvalue weighted by Crippen LogP contribution is -2.28. The number of nitrogens with two attached hydrogens (primary N) is 1. The van der Waals surface area contributed by atoms with E-state index >= 15 is 0 Å². The highest BCUT2D eigenvalue weighted by molar-refractivity contribution is 6.06. The molecule has 0 aliphatic carbocycles. The molecule has 4 N–H and O–H groups in total. The third-order valence-corrected chi connectivity index (χ3v) is 1.55. The van der Waals surface area contributed by atoms with Crippen molar-refractivity contribution in [3.8, 4) is 5.75 Å². The number of aromatic hydroxyl groups is 1. The summed E-state index contributed by atoms with van der Waals surface area (Å²) in [6.45, 7) is 1.21. The largest absolute Gasteiger partial charge is 0.507 e. The smallest absolute Gasteiger partial charge is 0.261 e. The van der Waals surface area contributed by atoms with Crippen LogP contribution in [-0.2, 0) is 4.79 Å². The van der Waals surface area contributed by atoms with Crippen molar-refractivity contribution in [3.05, 3.63) is 23.8 Å². The maximum absolute atomic E-state index is 11.3. The summed E-state index contributed by atoms with van der Waals surface area (Å²) < 4.78 is 0. The summed E-state index contributed by atoms with van der Waals surface area (Å²) in [5.74, 6) is -1.36. The van der Waals surface area contributed by atoms with Crippen molar-refractivity contribution in [1.82, 2.24) is 5.32 Å². The van der Waals surface area contributed by atoms with Crippen LogP contribution in [0, 0.1) is 0 Å². The highest BCUT2D eigenvalue weighted by atomic mass is 16.3. The second kappa shape index (κ2) is 3.78. The van der Waals surface area contributed by atoms with E-state index in [2.05, 4.69) is 0 Å². The normalized spacial score (nSPS) is 9.50. The first-order valence-corrected chi connectivity index (χ1v) is 3.91. The highest BCUT2D eigenvalue weighted by Gasteiger charge is 2.12. The number of amides is 2. The van der Waals surface area contributed by atoms with Gasteiger partial charge < -0.3 is 10.8 Å². The van der Waals surface area contributed by atoms with Gasteiger partial charge in [-0.2, -0.15) is 0 Å². The summed E-state index contributed by atoms with van der Waals surface area (Å²) in [7, 11) is 0. The first-order valence-electron chi connectivity index (χ1n) is 3.91. The summed E-state index contributed by atoms with van der Waals surface area (Å²) in [5, 5.41) is 11.3. The van der Waals surface area contributed by atoms with Gasteiger partial charge in [0, 0.05) is 12.6 Å². The van der Waals surface area contributed by atoms with Gasteiger partial charge in [-0.15, -0.1) is 0 Å². The molecule has 1 aromatic carbocycles. The molecule has 14 heavy (non-hydrogen) atoms. The summed E-state index contributed by atoms with van der Waals surface area (Å²) in [6, 6.07) is 4.05. The standard InChI is InChI=1S/C9H10N2O3/c1-5(12)11-9(14)7-4-6(10)2-3-8(7)13/h2-4,13H,10H2,1H3,(H,11,12,14). The molecule has 0 bridgehead atoms. The van der Waals surface area contributed by atoms with Gasteiger partial charge in [0.25, 0.3) is 5.91 Å². The minimum absolute atomic E-state index is 0.0137. The van der Waals surface area contributed by atoms with Crippen LogP contribution in [0.3, 0.4) is 0 Å². The number of hydrogen-bond acceptors (Lipinski definition) is 4. The molecule has 0 saturated heterocycles. The molecule has 2 amide bonds. The van der Waals surface area contributed by atoms with E-state index in [1.807, 2.05) is 5.32 Å². The second-order valence-corrected chi connectivity index (χ2v) is 2.79. The zero-order chi connectivity index (χ0) is 10.7. The molecule has 0 aromatic heterocycles. The van der Waals surface area contributed by atoms with Gasteiger partial charge in [0.05, 0.1) is 5.56 Å². The van der Waals surface area contributed by atoms with Crippen LogP contribution in [0.1, 0.15) is 17.3 Å². The van der Waals surface area contributed by atoms with Gasteiger partial charge in [0.1, 0.15) is 5.75 Å². The lowest BCUT2D eigenvalue weighted by Gasteiger charge is -2.04. The Labute approximate surface area is 80.5 Å². The number of carbonyl (C=O) groups is 2. The van der Waals surface area contributed by atoms with Crippen molar-refractivity contribution in [2.24, 2.45) is 0 Å². The van der Waals surface area contributed by atoms with Crippen molar-refractivity contribution in [1.29, 1.82) is 0 Å². The van der Waals surface area contributed by atoms with Gasteiger partial charge in [-0.1, -0.05) is 0 Å². The Bertz CT molecular complexity index is 388. The minimum atomic E-state index is -0.665. The summed E-state index contributed by atoms with van der Waals surface area (Å²) in [4.78, 5) is 21.9. The lowest BCUT2D eigenvalue weighted by atomic mass is 10.1. The Morgan fingerprint density at radius 2 is 2.07 bits per heavy atom. The highest BCUT2D eigenvalue weighted by Crippen LogP contribution is 2.19. The molecule has 0 atom stereocenters. The predicted octanol–water partition coefficient (Wildman–Crippen LogP) is 0.251. The van der Waals surface area contributed by atoms with Gasteiger partial charge in [-0.3, -0.25) is 14.9 Å². The molecule has 0 spiro atoms. The van der Waals surface area contributed by atoms with E-state index < -0.39 is 11.8 Å². The van der Waals surface area contributed by atoms with Crippen LogP contribution >= 0.6 is 0 Å². The number of rotatable bonds is 1. The maximum Gasteiger partial charge on any atom is 0.261 e. The Balaban J connectivity index is 3.00. The van der Waals surface area contributed by atoms with Gasteiger partial charge >= 0.3 is 0 Å². The molecule has 5 nitrogen and oxygen atoms in total. The Hall–Kier alpha value is -2.04. The van der Waals surface area contributed by atoms with Crippen LogP contribution in [0.4, 0.5) is 5.69 Å². The number of phenolic OH excluding ortho intramolecular Hbond substituents is 1. The Kier molecular flexibility index (Phi) is 2.71. The SMILES string of the molecule is CC(=O)NC(=O)c1cc(N)ccc1O. The van der Waals surface area contributed by atoms with E-state index in [0.717, 1.165) is 0 Å². The number of imide groups is 1. The Morgan fingerprint density at radius 3 is 2.64 bits per heavy atom. The number of nitrogens with one attached hydrogen (secondary N) is 1. The zero-order valence-electron chi connectivity index (χ0n) is 7.57. The molecule has 5 heteroatoms. The second-order valence-electron chi connectivity index (χ2n) is 2.79. The van der Waals surface area contributed by atoms with Gasteiger partial charge in [-0.05, 0) is 18.2 Å². The molecule has 0 aliphatic heterocycles. The summed E-state index contributed by atoms with van der Waals surface area (Å²) in [5.41, 5.74) is 5.75. The molecule has 0 unspecified atom stereocenters. The first kappa shape index (κ1) is 10.0. The average molecular weight is 194 g/mol. The van der Waals surface area contributed by atoms with Crippen LogP contribution < -0.4 is 11.1 Å². The third kappa shape index (κ3) is 2.22. The average Bonchev–Trinajstić information content (AvgIpc) is 2.08. The van der Waals surface area contributed by atoms with Crippen LogP contribution in [0.5, 0.6) is 5.75 Å². The number of hydrogen-bond donors (Lipinski definition) is 3. The molecule has 1 aromatic rings. The van der Waals surface area contributed by atoms with Gasteiger partial charge in [-0.25, -0.2) is 0 Å². The van der Waals surface area contributed by atoms with Crippen LogP contribution in [0.15, 0.2) is 18.2 Å². The van der Waals surface area contributed by atoms with Crippen LogP contribution in [0.25, 0.3) is 0 Å². The molecular weight excluding hydrogens is 184 g/mol. The molecule has 0 radical (unpaired) electrons. The van der Waals surface area contributed by atoms with Crippen LogP contribution in [-0.4, -0.2) is 16.9 Å². The predicted molar refractivity (Wildman–Crippen MR) is 50.7 cm³/mol. The topological polar surface area (TPSA) is 92.4 Å². The fourth-order valence-electron chi connectivity index (χ4n) is 0.963. The van der Waals surface area contributed by atoms with E-state index in [0.29, 0.717) is 5.69 Å². The quantitative estimate of drug-likeness (QED) is 0.441. The number of benzene rings is 1. The molecule has 0 saturated carbocycles. The van der Waals surface area contributed by atoms with Crippen molar-refractivity contribution in [2.75, 3.05) is 5.73 Å². The summed E-state index contributed by atoms with van der Waals surface area (Å²) in [6.07, 6.45) is 0. The Morgan fingerprint density at radius 1 is 1.43 bits per heavy atom. The number of carbonyl (C=O) groups excluding carboxylic acids is 2. The van der Waals surface area contributed by atoms with E-state index in [-0.39, 0.29) is 11.3 Å². The van der Waals surface area contributed by atoms with E-state index in [9.17, 15) is 14.7 Å².